The van der Waals surface area contributed by atoms with Crippen LogP contribution >= 0.6 is 11.6 Å². The van der Waals surface area contributed by atoms with Gasteiger partial charge in [0, 0.05) is 46.2 Å². The summed E-state index contributed by atoms with van der Waals surface area (Å²) in [5, 5.41) is 7.11. The van der Waals surface area contributed by atoms with Crippen LogP contribution in [-0.4, -0.2) is 41.1 Å². The number of halogens is 1. The number of benzene rings is 2. The van der Waals surface area contributed by atoms with Crippen LogP contribution in [0, 0.1) is 0 Å². The maximum atomic E-state index is 13.0. The summed E-state index contributed by atoms with van der Waals surface area (Å²) in [7, 11) is 1.33. The van der Waals surface area contributed by atoms with E-state index in [-0.39, 0.29) is 23.0 Å². The number of esters is 1. The molecule has 4 rings (SSSR count). The van der Waals surface area contributed by atoms with Crippen molar-refractivity contribution in [3.05, 3.63) is 77.1 Å². The van der Waals surface area contributed by atoms with Crippen molar-refractivity contribution in [3.63, 3.8) is 0 Å². The third-order valence-corrected chi connectivity index (χ3v) is 6.59. The summed E-state index contributed by atoms with van der Waals surface area (Å²) in [5.74, 6) is 0.302. The fourth-order valence-electron chi connectivity index (χ4n) is 5.15. The van der Waals surface area contributed by atoms with Crippen LogP contribution in [0.3, 0.4) is 0 Å². The number of carbonyl (C=O) groups excluding carboxylic acids is 2. The minimum absolute atomic E-state index is 0.0506. The molecule has 0 atom stereocenters. The van der Waals surface area contributed by atoms with Crippen LogP contribution in [0.25, 0.3) is 11.1 Å². The van der Waals surface area contributed by atoms with Gasteiger partial charge in [0.05, 0.1) is 17.7 Å². The molecule has 37 heavy (non-hydrogen) atoms. The Morgan fingerprint density at radius 3 is 2.35 bits per heavy atom. The normalized spacial score (nSPS) is 16.6. The van der Waals surface area contributed by atoms with Crippen molar-refractivity contribution in [2.24, 2.45) is 0 Å². The predicted molar refractivity (Wildman–Crippen MR) is 144 cm³/mol. The first kappa shape index (κ1) is 26.6. The number of rotatable bonds is 6. The molecule has 1 aliphatic rings. The Hall–Kier alpha value is -3.42. The van der Waals surface area contributed by atoms with E-state index in [1.807, 2.05) is 18.2 Å². The third kappa shape index (κ3) is 6.48. The fourth-order valence-corrected chi connectivity index (χ4v) is 5.37. The summed E-state index contributed by atoms with van der Waals surface area (Å²) in [6.45, 7) is 8.59. The first-order chi connectivity index (χ1) is 17.5. The number of carbonyl (C=O) groups is 2. The van der Waals surface area contributed by atoms with E-state index < -0.39 is 5.97 Å². The van der Waals surface area contributed by atoms with Crippen LogP contribution in [0.1, 0.15) is 61.3 Å². The van der Waals surface area contributed by atoms with Crippen molar-refractivity contribution in [2.45, 2.75) is 57.7 Å². The number of para-hydroxylation sites is 1. The van der Waals surface area contributed by atoms with Crippen LogP contribution in [-0.2, 0) is 4.74 Å². The fraction of sp³-hybridized carbons (Fsp3) is 0.345. The van der Waals surface area contributed by atoms with Gasteiger partial charge in [-0.3, -0.25) is 9.78 Å². The van der Waals surface area contributed by atoms with Crippen molar-refractivity contribution < 1.29 is 19.1 Å². The second kappa shape index (κ2) is 10.5. The molecule has 0 radical (unpaired) electrons. The Kier molecular flexibility index (Phi) is 7.57. The van der Waals surface area contributed by atoms with E-state index in [4.69, 9.17) is 21.1 Å². The topological polar surface area (TPSA) is 89.6 Å². The van der Waals surface area contributed by atoms with Gasteiger partial charge < -0.3 is 20.1 Å². The molecule has 1 aromatic heterocycles. The summed E-state index contributed by atoms with van der Waals surface area (Å²) in [4.78, 5) is 29.1. The second-order valence-electron chi connectivity index (χ2n) is 10.7. The van der Waals surface area contributed by atoms with Gasteiger partial charge >= 0.3 is 5.97 Å². The van der Waals surface area contributed by atoms with Crippen molar-refractivity contribution in [1.29, 1.82) is 0 Å². The van der Waals surface area contributed by atoms with Crippen molar-refractivity contribution >= 4 is 23.5 Å². The van der Waals surface area contributed by atoms with E-state index in [0.717, 1.165) is 18.4 Å². The van der Waals surface area contributed by atoms with E-state index in [9.17, 15) is 9.59 Å². The molecule has 3 aromatic rings. The van der Waals surface area contributed by atoms with Gasteiger partial charge in [-0.05, 0) is 70.9 Å². The maximum absolute atomic E-state index is 13.0. The lowest BCUT2D eigenvalue weighted by atomic mass is 9.79. The first-order valence-electron chi connectivity index (χ1n) is 12.2. The minimum Gasteiger partial charge on any atom is -0.465 e. The number of ether oxygens (including phenoxy) is 2. The lowest BCUT2D eigenvalue weighted by Gasteiger charge is -2.46. The summed E-state index contributed by atoms with van der Waals surface area (Å²) in [6, 6.07) is 14.1. The molecular formula is C29H32ClN3O4. The molecule has 194 valence electrons. The van der Waals surface area contributed by atoms with Crippen LogP contribution in [0.5, 0.6) is 11.5 Å². The largest absolute Gasteiger partial charge is 0.465 e. The number of piperidine rings is 1. The monoisotopic (exact) mass is 521 g/mol. The van der Waals surface area contributed by atoms with Gasteiger partial charge in [-0.2, -0.15) is 0 Å². The molecule has 8 heteroatoms. The predicted octanol–water partition coefficient (Wildman–Crippen LogP) is 6.02. The number of nitrogens with one attached hydrogen (secondary N) is 2. The van der Waals surface area contributed by atoms with Crippen molar-refractivity contribution in [2.75, 3.05) is 7.11 Å². The number of methoxy groups -OCH3 is 1. The maximum Gasteiger partial charge on any atom is 0.339 e. The van der Waals surface area contributed by atoms with Gasteiger partial charge in [-0.15, -0.1) is 0 Å². The number of hydrogen-bond acceptors (Lipinski definition) is 6. The zero-order chi connectivity index (χ0) is 26.8. The summed E-state index contributed by atoms with van der Waals surface area (Å²) >= 11 is 6.55. The molecule has 2 aromatic carbocycles. The van der Waals surface area contributed by atoms with Crippen LogP contribution in [0.4, 0.5) is 0 Å². The number of pyridine rings is 1. The molecule has 1 saturated heterocycles. The Bertz CT molecular complexity index is 1310. The summed E-state index contributed by atoms with van der Waals surface area (Å²) < 4.78 is 10.9. The Morgan fingerprint density at radius 1 is 0.973 bits per heavy atom. The Morgan fingerprint density at radius 2 is 1.68 bits per heavy atom. The van der Waals surface area contributed by atoms with E-state index >= 15 is 0 Å². The molecule has 1 fully saturated rings. The lowest BCUT2D eigenvalue weighted by molar-refractivity contribution is 0.0600. The average Bonchev–Trinajstić information content (AvgIpc) is 2.83. The molecule has 2 heterocycles. The molecule has 1 amide bonds. The second-order valence-corrected chi connectivity index (χ2v) is 11.1. The number of aromatic nitrogens is 1. The highest BCUT2D eigenvalue weighted by Gasteiger charge is 2.38. The van der Waals surface area contributed by atoms with Crippen LogP contribution in [0.15, 0.2) is 60.9 Å². The molecule has 0 spiro atoms. The molecule has 0 aliphatic carbocycles. The van der Waals surface area contributed by atoms with Gasteiger partial charge in [-0.1, -0.05) is 29.8 Å². The quantitative estimate of drug-likeness (QED) is 0.385. The lowest BCUT2D eigenvalue weighted by Crippen LogP contribution is -2.62. The zero-order valence-corrected chi connectivity index (χ0v) is 22.5. The van der Waals surface area contributed by atoms with Crippen molar-refractivity contribution in [1.82, 2.24) is 15.6 Å². The standard InChI is InChI=1S/C29H32ClN3O4/c1-28(2)14-21(15-29(3,4)33-28)32-26(34)18-10-11-25(23(30)13-18)37-24-9-7-6-8-22(24)19-12-20(17-31-16-19)27(35)36-5/h6-13,16-17,21,33H,14-15H2,1-5H3,(H,32,34). The molecule has 0 saturated carbocycles. The highest BCUT2D eigenvalue weighted by molar-refractivity contribution is 6.32. The van der Waals surface area contributed by atoms with Gasteiger partial charge in [0.25, 0.3) is 5.91 Å². The Labute approximate surface area is 222 Å². The molecule has 7 nitrogen and oxygen atoms in total. The summed E-state index contributed by atoms with van der Waals surface area (Å²) in [5.41, 5.74) is 2.08. The molecule has 1 aliphatic heterocycles. The Balaban J connectivity index is 1.52. The smallest absolute Gasteiger partial charge is 0.339 e. The number of amides is 1. The molecule has 2 N–H and O–H groups in total. The van der Waals surface area contributed by atoms with Crippen molar-refractivity contribution in [3.8, 4) is 22.6 Å². The molecular weight excluding hydrogens is 490 g/mol. The number of nitrogens with zero attached hydrogens (tertiary/aromatic N) is 1. The third-order valence-electron chi connectivity index (χ3n) is 6.30. The van der Waals surface area contributed by atoms with E-state index in [0.29, 0.717) is 33.2 Å². The molecule has 0 unspecified atom stereocenters. The van der Waals surface area contributed by atoms with Gasteiger partial charge in [0.15, 0.2) is 0 Å². The molecule has 0 bridgehead atoms. The SMILES string of the molecule is COC(=O)c1cncc(-c2ccccc2Oc2ccc(C(=O)NC3CC(C)(C)NC(C)(C)C3)cc2Cl)c1. The van der Waals surface area contributed by atoms with Gasteiger partial charge in [0.2, 0.25) is 0 Å². The highest BCUT2D eigenvalue weighted by atomic mass is 35.5. The van der Waals surface area contributed by atoms with Gasteiger partial charge in [0.1, 0.15) is 11.5 Å². The summed E-state index contributed by atoms with van der Waals surface area (Å²) in [6.07, 6.45) is 4.76. The van der Waals surface area contributed by atoms with E-state index in [2.05, 4.69) is 43.3 Å². The average molecular weight is 522 g/mol. The van der Waals surface area contributed by atoms with Crippen LogP contribution < -0.4 is 15.4 Å². The van der Waals surface area contributed by atoms with E-state index in [1.54, 1.807) is 36.5 Å². The van der Waals surface area contributed by atoms with Gasteiger partial charge in [-0.25, -0.2) is 4.79 Å². The van der Waals surface area contributed by atoms with Crippen LogP contribution in [0.2, 0.25) is 5.02 Å². The number of hydrogen-bond donors (Lipinski definition) is 2. The first-order valence-corrected chi connectivity index (χ1v) is 12.5. The highest BCUT2D eigenvalue weighted by Crippen LogP contribution is 2.36. The minimum atomic E-state index is -0.471. The zero-order valence-electron chi connectivity index (χ0n) is 21.7. The van der Waals surface area contributed by atoms with E-state index in [1.165, 1.54) is 13.3 Å².